The third-order valence-electron chi connectivity index (χ3n) is 5.29. The molecule has 0 aliphatic heterocycles. The first-order chi connectivity index (χ1) is 15.5. The molecule has 2 rings (SSSR count). The van der Waals surface area contributed by atoms with Crippen molar-refractivity contribution in [1.29, 1.82) is 0 Å². The fraction of sp³-hybridized carbons (Fsp3) is 0.625. The molecule has 1 aromatic carbocycles. The van der Waals surface area contributed by atoms with Crippen LogP contribution >= 0.6 is 12.6 Å². The lowest BCUT2D eigenvalue weighted by atomic mass is 9.99. The first kappa shape index (κ1) is 26.8. The number of nitrogens with one attached hydrogen (secondary N) is 2. The third-order valence-corrected chi connectivity index (χ3v) is 5.65. The van der Waals surface area contributed by atoms with Crippen LogP contribution in [0.15, 0.2) is 18.2 Å². The molecule has 33 heavy (non-hydrogen) atoms. The number of aryl methyl sites for hydroxylation is 1. The molecule has 8 nitrogen and oxygen atoms in total. The second-order valence-corrected chi connectivity index (χ2v) is 9.78. The minimum absolute atomic E-state index is 0.0193. The number of ether oxygens (including phenoxy) is 1. The van der Waals surface area contributed by atoms with Crippen molar-refractivity contribution in [3.05, 3.63) is 29.3 Å². The van der Waals surface area contributed by atoms with Gasteiger partial charge in [-0.1, -0.05) is 31.5 Å². The molecule has 0 bridgehead atoms. The molecule has 0 radical (unpaired) electrons. The molecule has 1 saturated carbocycles. The number of carbonyl (C=O) groups excluding carboxylic acids is 3. The van der Waals surface area contributed by atoms with Crippen molar-refractivity contribution in [2.75, 3.05) is 12.3 Å². The number of thiol groups is 1. The molecule has 1 aliphatic rings. The fourth-order valence-electron chi connectivity index (χ4n) is 3.49. The second kappa shape index (κ2) is 11.6. The van der Waals surface area contributed by atoms with E-state index in [-0.39, 0.29) is 23.5 Å². The molecular formula is C24H37N3O5S. The maximum Gasteiger partial charge on any atom is 0.408 e. The molecular weight excluding hydrogens is 442 g/mol. The highest BCUT2D eigenvalue weighted by Gasteiger charge is 2.44. The Labute approximate surface area is 201 Å². The van der Waals surface area contributed by atoms with Crippen LogP contribution in [0.3, 0.4) is 0 Å². The van der Waals surface area contributed by atoms with Gasteiger partial charge in [-0.15, -0.1) is 0 Å². The zero-order valence-electron chi connectivity index (χ0n) is 20.2. The van der Waals surface area contributed by atoms with Gasteiger partial charge >= 0.3 is 6.09 Å². The quantitative estimate of drug-likeness (QED) is 0.304. The minimum Gasteiger partial charge on any atom is -0.507 e. The molecule has 1 aromatic rings. The average Bonchev–Trinajstić information content (AvgIpc) is 3.56. The van der Waals surface area contributed by atoms with Gasteiger partial charge in [-0.25, -0.2) is 4.79 Å². The number of carbonyl (C=O) groups is 3. The van der Waals surface area contributed by atoms with E-state index in [0.717, 1.165) is 25.7 Å². The summed E-state index contributed by atoms with van der Waals surface area (Å²) in [7, 11) is 0. The Balaban J connectivity index is 2.39. The number of benzene rings is 1. The molecule has 2 atom stereocenters. The zero-order chi connectivity index (χ0) is 24.8. The lowest BCUT2D eigenvalue weighted by Crippen LogP contribution is -2.54. The highest BCUT2D eigenvalue weighted by Crippen LogP contribution is 2.39. The summed E-state index contributed by atoms with van der Waals surface area (Å²) in [6.45, 7) is 9.44. The topological polar surface area (TPSA) is 108 Å². The number of para-hydroxylation sites is 1. The number of rotatable bonds is 10. The predicted octanol–water partition coefficient (Wildman–Crippen LogP) is 3.47. The fourth-order valence-corrected chi connectivity index (χ4v) is 3.74. The summed E-state index contributed by atoms with van der Waals surface area (Å²) in [5.41, 5.74) is 0.249. The largest absolute Gasteiger partial charge is 0.507 e. The molecule has 3 amide bonds. The minimum atomic E-state index is -1.02. The monoisotopic (exact) mass is 479 g/mol. The Morgan fingerprint density at radius 3 is 2.48 bits per heavy atom. The average molecular weight is 480 g/mol. The van der Waals surface area contributed by atoms with E-state index < -0.39 is 29.7 Å². The first-order valence-corrected chi connectivity index (χ1v) is 12.1. The summed E-state index contributed by atoms with van der Waals surface area (Å²) < 4.78 is 5.29. The van der Waals surface area contributed by atoms with Gasteiger partial charge in [-0.2, -0.15) is 12.6 Å². The van der Waals surface area contributed by atoms with E-state index in [9.17, 15) is 19.5 Å². The molecule has 184 valence electrons. The Morgan fingerprint density at radius 1 is 1.27 bits per heavy atom. The molecule has 0 heterocycles. The normalized spacial score (nSPS) is 15.3. The second-order valence-electron chi connectivity index (χ2n) is 9.42. The van der Waals surface area contributed by atoms with Gasteiger partial charge in [0, 0.05) is 23.9 Å². The summed E-state index contributed by atoms with van der Waals surface area (Å²) in [5, 5.41) is 16.3. The van der Waals surface area contributed by atoms with E-state index >= 15 is 0 Å². The highest BCUT2D eigenvalue weighted by atomic mass is 32.1. The number of alkyl carbamates (subject to hydrolysis) is 1. The van der Waals surface area contributed by atoms with E-state index in [1.807, 2.05) is 6.92 Å². The van der Waals surface area contributed by atoms with Crippen molar-refractivity contribution in [1.82, 2.24) is 15.5 Å². The van der Waals surface area contributed by atoms with Crippen LogP contribution in [0, 0.1) is 6.92 Å². The molecule has 0 saturated heterocycles. The number of aromatic hydroxyl groups is 1. The lowest BCUT2D eigenvalue weighted by Gasteiger charge is -2.34. The summed E-state index contributed by atoms with van der Waals surface area (Å²) in [6.07, 6.45) is 2.46. The number of amides is 3. The van der Waals surface area contributed by atoms with Crippen molar-refractivity contribution < 1.29 is 24.2 Å². The number of nitrogens with zero attached hydrogens (tertiary/aromatic N) is 1. The third kappa shape index (κ3) is 7.55. The van der Waals surface area contributed by atoms with E-state index in [1.165, 1.54) is 4.90 Å². The Bertz CT molecular complexity index is 851. The highest BCUT2D eigenvalue weighted by molar-refractivity contribution is 7.80. The van der Waals surface area contributed by atoms with Gasteiger partial charge in [0.05, 0.1) is 0 Å². The molecule has 0 aromatic heterocycles. The SMILES string of the molecule is CCCCNC(=O)C(c1cccc(C)c1O)N(C(=O)C(CS)NC(=O)OC(C)(C)C)C1CC1. The maximum absolute atomic E-state index is 13.6. The van der Waals surface area contributed by atoms with E-state index in [2.05, 4.69) is 23.3 Å². The van der Waals surface area contributed by atoms with Crippen LogP contribution < -0.4 is 10.6 Å². The maximum atomic E-state index is 13.6. The van der Waals surface area contributed by atoms with Crippen LogP contribution in [-0.2, 0) is 14.3 Å². The van der Waals surface area contributed by atoms with E-state index in [4.69, 9.17) is 4.74 Å². The zero-order valence-corrected chi connectivity index (χ0v) is 21.1. The predicted molar refractivity (Wildman–Crippen MR) is 130 cm³/mol. The number of hydrogen-bond donors (Lipinski definition) is 4. The molecule has 1 fully saturated rings. The van der Waals surface area contributed by atoms with Crippen molar-refractivity contribution in [3.63, 3.8) is 0 Å². The molecule has 1 aliphatic carbocycles. The lowest BCUT2D eigenvalue weighted by molar-refractivity contribution is -0.142. The number of unbranched alkanes of at least 4 members (excludes halogenated alkanes) is 1. The number of phenolic OH excluding ortho intramolecular Hbond substituents is 1. The van der Waals surface area contributed by atoms with Gasteiger partial charge in [-0.3, -0.25) is 9.59 Å². The summed E-state index contributed by atoms with van der Waals surface area (Å²) in [5.74, 6) is -0.783. The van der Waals surface area contributed by atoms with Gasteiger partial charge < -0.3 is 25.4 Å². The summed E-state index contributed by atoms with van der Waals surface area (Å²) in [6, 6.07) is 2.98. The van der Waals surface area contributed by atoms with Crippen molar-refractivity contribution in [2.24, 2.45) is 0 Å². The van der Waals surface area contributed by atoms with Gasteiger partial charge in [0.2, 0.25) is 11.8 Å². The van der Waals surface area contributed by atoms with E-state index in [1.54, 1.807) is 45.9 Å². The van der Waals surface area contributed by atoms with Crippen LogP contribution in [0.2, 0.25) is 0 Å². The molecule has 2 unspecified atom stereocenters. The first-order valence-electron chi connectivity index (χ1n) is 11.5. The smallest absolute Gasteiger partial charge is 0.408 e. The van der Waals surface area contributed by atoms with Crippen molar-refractivity contribution in [2.45, 2.75) is 84.0 Å². The van der Waals surface area contributed by atoms with Crippen LogP contribution in [0.5, 0.6) is 5.75 Å². The summed E-state index contributed by atoms with van der Waals surface area (Å²) >= 11 is 4.27. The summed E-state index contributed by atoms with van der Waals surface area (Å²) in [4.78, 5) is 40.8. The standard InChI is InChI=1S/C24H37N3O5S/c1-6-7-13-25-21(29)19(17-10-8-9-15(2)20(17)28)27(16-11-12-16)22(30)18(14-33)26-23(31)32-24(3,4)5/h8-10,16,18-19,28,33H,6-7,11-14H2,1-5H3,(H,25,29)(H,26,31). The van der Waals surface area contributed by atoms with Gasteiger partial charge in [0.1, 0.15) is 23.4 Å². The van der Waals surface area contributed by atoms with Gasteiger partial charge in [-0.05, 0) is 52.5 Å². The Hall–Kier alpha value is -2.42. The van der Waals surface area contributed by atoms with Crippen LogP contribution in [0.1, 0.15) is 70.5 Å². The van der Waals surface area contributed by atoms with Crippen LogP contribution in [0.4, 0.5) is 4.79 Å². The van der Waals surface area contributed by atoms with Crippen molar-refractivity contribution >= 4 is 30.5 Å². The number of hydrogen-bond acceptors (Lipinski definition) is 6. The molecule has 9 heteroatoms. The Morgan fingerprint density at radius 2 is 1.94 bits per heavy atom. The van der Waals surface area contributed by atoms with Crippen LogP contribution in [0.25, 0.3) is 0 Å². The molecule has 0 spiro atoms. The van der Waals surface area contributed by atoms with Crippen molar-refractivity contribution in [3.8, 4) is 5.75 Å². The number of phenols is 1. The van der Waals surface area contributed by atoms with E-state index in [0.29, 0.717) is 17.7 Å². The molecule has 3 N–H and O–H groups in total. The van der Waals surface area contributed by atoms with Crippen LogP contribution in [-0.4, -0.2) is 57.9 Å². The van der Waals surface area contributed by atoms with Gasteiger partial charge in [0.25, 0.3) is 0 Å². The Kier molecular flexibility index (Phi) is 9.46. The van der Waals surface area contributed by atoms with Gasteiger partial charge in [0.15, 0.2) is 0 Å².